The summed E-state index contributed by atoms with van der Waals surface area (Å²) in [7, 11) is 0. The van der Waals surface area contributed by atoms with Crippen molar-refractivity contribution in [3.05, 3.63) is 11.6 Å². The molecule has 0 bridgehead atoms. The zero-order valence-electron chi connectivity index (χ0n) is 12.1. The fraction of sp³-hybridized carbons (Fsp3) is 0.867. The van der Waals surface area contributed by atoms with Crippen molar-refractivity contribution in [1.82, 2.24) is 0 Å². The number of hydrogen-bond acceptors (Lipinski definition) is 4. The van der Waals surface area contributed by atoms with Gasteiger partial charge in [0.1, 0.15) is 5.60 Å². The predicted molar refractivity (Wildman–Crippen MR) is 72.4 cm³/mol. The molecule has 19 heavy (non-hydrogen) atoms. The summed E-state index contributed by atoms with van der Waals surface area (Å²) in [6.07, 6.45) is 3.54. The van der Waals surface area contributed by atoms with Crippen LogP contribution >= 0.6 is 0 Å². The van der Waals surface area contributed by atoms with Gasteiger partial charge in [0.25, 0.3) is 0 Å². The highest BCUT2D eigenvalue weighted by Gasteiger charge is 2.62. The molecule has 0 radical (unpaired) electrons. The molecule has 1 saturated carbocycles. The Bertz CT molecular complexity index is 390. The molecule has 2 rings (SSSR count). The van der Waals surface area contributed by atoms with Gasteiger partial charge < -0.3 is 20.4 Å². The van der Waals surface area contributed by atoms with Crippen molar-refractivity contribution in [1.29, 1.82) is 0 Å². The van der Waals surface area contributed by atoms with Gasteiger partial charge in [0.15, 0.2) is 0 Å². The molecule has 0 aromatic carbocycles. The van der Waals surface area contributed by atoms with Crippen molar-refractivity contribution >= 4 is 0 Å². The van der Waals surface area contributed by atoms with Crippen molar-refractivity contribution in [2.75, 3.05) is 13.2 Å². The highest BCUT2D eigenvalue weighted by molar-refractivity contribution is 5.31. The quantitative estimate of drug-likeness (QED) is 0.560. The van der Waals surface area contributed by atoms with E-state index in [1.165, 1.54) is 6.08 Å². The molecule has 0 aromatic rings. The highest BCUT2D eigenvalue weighted by atomic mass is 16.3. The van der Waals surface area contributed by atoms with Gasteiger partial charge in [0.05, 0.1) is 19.3 Å². The van der Waals surface area contributed by atoms with Gasteiger partial charge in [-0.3, -0.25) is 0 Å². The van der Waals surface area contributed by atoms with Crippen LogP contribution in [0.1, 0.15) is 40.0 Å². The van der Waals surface area contributed by atoms with Crippen molar-refractivity contribution in [2.24, 2.45) is 16.7 Å². The zero-order chi connectivity index (χ0) is 14.5. The van der Waals surface area contributed by atoms with Gasteiger partial charge in [0.2, 0.25) is 0 Å². The molecule has 0 aromatic heterocycles. The maximum atomic E-state index is 11.0. The number of aliphatic hydroxyl groups is 4. The van der Waals surface area contributed by atoms with Gasteiger partial charge in [-0.1, -0.05) is 33.3 Å². The first kappa shape index (κ1) is 15.0. The molecule has 0 unspecified atom stereocenters. The summed E-state index contributed by atoms with van der Waals surface area (Å²) < 4.78 is 0. The van der Waals surface area contributed by atoms with Crippen molar-refractivity contribution in [3.8, 4) is 0 Å². The largest absolute Gasteiger partial charge is 0.393 e. The molecule has 4 atom stereocenters. The Hall–Kier alpha value is -0.420. The molecular formula is C15H26O4. The van der Waals surface area contributed by atoms with E-state index < -0.39 is 23.7 Å². The fourth-order valence-electron chi connectivity index (χ4n) is 4.66. The van der Waals surface area contributed by atoms with Crippen molar-refractivity contribution < 1.29 is 20.4 Å². The lowest BCUT2D eigenvalue weighted by Crippen LogP contribution is -2.64. The number of aliphatic hydroxyl groups excluding tert-OH is 3. The van der Waals surface area contributed by atoms with Gasteiger partial charge in [0, 0.05) is 11.3 Å². The van der Waals surface area contributed by atoms with Crippen LogP contribution in [0, 0.1) is 16.7 Å². The molecular weight excluding hydrogens is 244 g/mol. The maximum absolute atomic E-state index is 11.0. The first-order valence-corrected chi connectivity index (χ1v) is 7.06. The second-order valence-electron chi connectivity index (χ2n) is 7.10. The van der Waals surface area contributed by atoms with Crippen LogP contribution < -0.4 is 0 Å². The zero-order valence-corrected chi connectivity index (χ0v) is 12.1. The summed E-state index contributed by atoms with van der Waals surface area (Å²) >= 11 is 0. The second kappa shape index (κ2) is 4.55. The van der Waals surface area contributed by atoms with E-state index in [-0.39, 0.29) is 17.9 Å². The van der Waals surface area contributed by atoms with E-state index >= 15 is 0 Å². The molecule has 4 heteroatoms. The van der Waals surface area contributed by atoms with Crippen LogP contribution in [0.4, 0.5) is 0 Å². The summed E-state index contributed by atoms with van der Waals surface area (Å²) in [5.74, 6) is -0.124. The number of hydrogen-bond donors (Lipinski definition) is 4. The molecule has 0 saturated heterocycles. The van der Waals surface area contributed by atoms with E-state index in [0.717, 1.165) is 19.3 Å². The van der Waals surface area contributed by atoms with Crippen LogP contribution in [0.3, 0.4) is 0 Å². The van der Waals surface area contributed by atoms with Crippen LogP contribution in [0.15, 0.2) is 11.6 Å². The van der Waals surface area contributed by atoms with Crippen LogP contribution in [-0.4, -0.2) is 45.3 Å². The van der Waals surface area contributed by atoms with Crippen LogP contribution in [0.5, 0.6) is 0 Å². The van der Waals surface area contributed by atoms with Crippen molar-refractivity contribution in [3.63, 3.8) is 0 Å². The smallest absolute Gasteiger partial charge is 0.117 e. The summed E-state index contributed by atoms with van der Waals surface area (Å²) in [5, 5.41) is 40.6. The molecule has 0 heterocycles. The molecule has 4 N–H and O–H groups in total. The van der Waals surface area contributed by atoms with E-state index in [4.69, 9.17) is 0 Å². The summed E-state index contributed by atoms with van der Waals surface area (Å²) in [6, 6.07) is 0. The van der Waals surface area contributed by atoms with Gasteiger partial charge >= 0.3 is 0 Å². The third kappa shape index (κ3) is 1.88. The van der Waals surface area contributed by atoms with Crippen LogP contribution in [0.2, 0.25) is 0 Å². The van der Waals surface area contributed by atoms with E-state index in [1.807, 2.05) is 6.92 Å². The van der Waals surface area contributed by atoms with Gasteiger partial charge in [-0.05, 0) is 23.8 Å². The Morgan fingerprint density at radius 1 is 1.21 bits per heavy atom. The first-order valence-electron chi connectivity index (χ1n) is 7.06. The topological polar surface area (TPSA) is 80.9 Å². The lowest BCUT2D eigenvalue weighted by Gasteiger charge is -2.61. The SMILES string of the molecule is CC1(C)CCC[C@@]2(C)[C@@H]1[C@@H](O)C=C(CO)[C@@]2(O)CO. The normalized spacial score (nSPS) is 45.5. The van der Waals surface area contributed by atoms with Crippen LogP contribution in [-0.2, 0) is 0 Å². The average Bonchev–Trinajstić information content (AvgIpc) is 2.32. The minimum absolute atomic E-state index is 0.104. The molecule has 2 aliphatic rings. The summed E-state index contributed by atoms with van der Waals surface area (Å²) in [6.45, 7) is 5.38. The van der Waals surface area contributed by atoms with Gasteiger partial charge in [-0.15, -0.1) is 0 Å². The molecule has 0 aliphatic heterocycles. The fourth-order valence-corrected chi connectivity index (χ4v) is 4.66. The standard InChI is InChI=1S/C15H26O4/c1-13(2)5-4-6-14(3)12(13)11(18)7-10(8-16)15(14,19)9-17/h7,11-12,16-19H,4-6,8-9H2,1-3H3/t11-,12+,14-,15-/m0/s1. The van der Waals surface area contributed by atoms with Crippen molar-refractivity contribution in [2.45, 2.75) is 51.7 Å². The maximum Gasteiger partial charge on any atom is 0.117 e. The molecule has 0 amide bonds. The summed E-state index contributed by atoms with van der Waals surface area (Å²) in [5.41, 5.74) is -1.81. The third-order valence-electron chi connectivity index (χ3n) is 5.63. The molecule has 2 aliphatic carbocycles. The van der Waals surface area contributed by atoms with Gasteiger partial charge in [-0.25, -0.2) is 0 Å². The minimum atomic E-state index is -1.44. The van der Waals surface area contributed by atoms with E-state index in [2.05, 4.69) is 13.8 Å². The highest BCUT2D eigenvalue weighted by Crippen LogP contribution is 2.60. The predicted octanol–water partition coefficient (Wildman–Crippen LogP) is 0.836. The molecule has 0 spiro atoms. The molecule has 1 fully saturated rings. The first-order chi connectivity index (χ1) is 8.73. The van der Waals surface area contributed by atoms with E-state index in [9.17, 15) is 20.4 Å². The number of fused-ring (bicyclic) bond motifs is 1. The van der Waals surface area contributed by atoms with Gasteiger partial charge in [-0.2, -0.15) is 0 Å². The van der Waals surface area contributed by atoms with E-state index in [0.29, 0.717) is 5.57 Å². The van der Waals surface area contributed by atoms with E-state index in [1.54, 1.807) is 0 Å². The Morgan fingerprint density at radius 3 is 2.37 bits per heavy atom. The lowest BCUT2D eigenvalue weighted by atomic mass is 9.46. The second-order valence-corrected chi connectivity index (χ2v) is 7.10. The number of rotatable bonds is 2. The average molecular weight is 270 g/mol. The Morgan fingerprint density at radius 2 is 1.84 bits per heavy atom. The molecule has 110 valence electrons. The minimum Gasteiger partial charge on any atom is -0.393 e. The third-order valence-corrected chi connectivity index (χ3v) is 5.63. The Balaban J connectivity index is 2.59. The monoisotopic (exact) mass is 270 g/mol. The summed E-state index contributed by atoms with van der Waals surface area (Å²) in [4.78, 5) is 0. The Kier molecular flexibility index (Phi) is 3.59. The Labute approximate surface area is 114 Å². The lowest BCUT2D eigenvalue weighted by molar-refractivity contribution is -0.188. The van der Waals surface area contributed by atoms with Crippen LogP contribution in [0.25, 0.3) is 0 Å². The molecule has 4 nitrogen and oxygen atoms in total.